The summed E-state index contributed by atoms with van der Waals surface area (Å²) in [7, 11) is 4.98. The summed E-state index contributed by atoms with van der Waals surface area (Å²) >= 11 is 0. The highest BCUT2D eigenvalue weighted by atomic mass is 28.4. The van der Waals surface area contributed by atoms with Crippen LogP contribution in [0.1, 0.15) is 44.9 Å². The van der Waals surface area contributed by atoms with Crippen molar-refractivity contribution in [3.8, 4) is 0 Å². The molecule has 0 spiro atoms. The summed E-state index contributed by atoms with van der Waals surface area (Å²) in [5, 5.41) is 9.47. The number of aliphatic hydroxyl groups is 1. The van der Waals surface area contributed by atoms with Crippen molar-refractivity contribution in [2.75, 3.05) is 48.1 Å². The first-order valence-electron chi connectivity index (χ1n) is 8.66. The molecule has 5 nitrogen and oxygen atoms in total. The molecular weight excluding hydrogens is 298 g/mol. The van der Waals surface area contributed by atoms with E-state index in [1.165, 1.54) is 51.6 Å². The van der Waals surface area contributed by atoms with Crippen molar-refractivity contribution in [3.63, 3.8) is 0 Å². The van der Waals surface area contributed by atoms with E-state index in [2.05, 4.69) is 7.05 Å². The van der Waals surface area contributed by atoms with Crippen LogP contribution in [0, 0.1) is 0 Å². The molecule has 132 valence electrons. The lowest BCUT2D eigenvalue weighted by atomic mass is 10.1. The molecule has 0 bridgehead atoms. The number of likely N-dealkylation sites (N-methyl/N-ethyl adjacent to an activating group) is 1. The minimum Gasteiger partial charge on any atom is -0.390 e. The Morgan fingerprint density at radius 2 is 1.59 bits per heavy atom. The maximum absolute atomic E-state index is 9.47. The van der Waals surface area contributed by atoms with Gasteiger partial charge in [0.25, 0.3) is 0 Å². The van der Waals surface area contributed by atoms with Gasteiger partial charge < -0.3 is 22.9 Å². The largest absolute Gasteiger partial charge is 0.500 e. The SMILES string of the molecule is CO[Si](CCCCCCC[N+]1(C)CCC[C@H]1CO)(OC)OC. The van der Waals surface area contributed by atoms with Crippen molar-refractivity contribution in [2.45, 2.75) is 57.0 Å². The Hall–Kier alpha value is 0.0169. The molecule has 1 fully saturated rings. The average molecular weight is 335 g/mol. The minimum absolute atomic E-state index is 0.342. The molecule has 1 unspecified atom stereocenters. The van der Waals surface area contributed by atoms with Crippen LogP contribution in [0.2, 0.25) is 6.04 Å². The Labute approximate surface area is 137 Å². The quantitative estimate of drug-likeness (QED) is 0.338. The third kappa shape index (κ3) is 5.58. The average Bonchev–Trinajstić information content (AvgIpc) is 2.92. The number of unbranched alkanes of at least 4 members (excludes halogenated alkanes) is 4. The Morgan fingerprint density at radius 3 is 2.18 bits per heavy atom. The van der Waals surface area contributed by atoms with Crippen molar-refractivity contribution >= 4 is 8.80 Å². The van der Waals surface area contributed by atoms with Crippen LogP contribution in [-0.4, -0.2) is 72.5 Å². The van der Waals surface area contributed by atoms with Crippen molar-refractivity contribution in [1.82, 2.24) is 0 Å². The molecule has 1 heterocycles. The summed E-state index contributed by atoms with van der Waals surface area (Å²) in [4.78, 5) is 0. The first-order valence-corrected chi connectivity index (χ1v) is 10.6. The Morgan fingerprint density at radius 1 is 1.00 bits per heavy atom. The summed E-state index contributed by atoms with van der Waals surface area (Å²) in [5.41, 5.74) is 0. The lowest BCUT2D eigenvalue weighted by molar-refractivity contribution is -0.921. The highest BCUT2D eigenvalue weighted by molar-refractivity contribution is 6.60. The molecule has 2 atom stereocenters. The molecule has 1 saturated heterocycles. The molecule has 22 heavy (non-hydrogen) atoms. The maximum atomic E-state index is 9.47. The Balaban J connectivity index is 2.11. The van der Waals surface area contributed by atoms with Gasteiger partial charge in [-0.05, 0) is 19.3 Å². The van der Waals surface area contributed by atoms with Gasteiger partial charge in [-0.3, -0.25) is 0 Å². The summed E-state index contributed by atoms with van der Waals surface area (Å²) in [5.74, 6) is 0. The van der Waals surface area contributed by atoms with Gasteiger partial charge in [-0.15, -0.1) is 0 Å². The third-order valence-corrected chi connectivity index (χ3v) is 8.22. The smallest absolute Gasteiger partial charge is 0.390 e. The molecule has 0 saturated carbocycles. The molecule has 0 amide bonds. The predicted molar refractivity (Wildman–Crippen MR) is 90.7 cm³/mol. The second kappa shape index (κ2) is 10.0. The standard InChI is InChI=1S/C16H36NO4Si/c1-17(13-10-11-16(17)15-18)12-8-6-5-7-9-14-22(19-2,20-3)21-4/h16,18H,5-15H2,1-4H3/q+1/t16-,17?/m0/s1. The van der Waals surface area contributed by atoms with Crippen molar-refractivity contribution in [2.24, 2.45) is 0 Å². The molecule has 0 radical (unpaired) electrons. The van der Waals surface area contributed by atoms with E-state index >= 15 is 0 Å². The van der Waals surface area contributed by atoms with Gasteiger partial charge in [0, 0.05) is 40.2 Å². The van der Waals surface area contributed by atoms with Crippen LogP contribution in [0.4, 0.5) is 0 Å². The zero-order chi connectivity index (χ0) is 16.5. The Kier molecular flexibility index (Phi) is 9.12. The summed E-state index contributed by atoms with van der Waals surface area (Å²) in [6, 6.07) is 1.37. The van der Waals surface area contributed by atoms with E-state index in [-0.39, 0.29) is 0 Å². The van der Waals surface area contributed by atoms with Crippen LogP contribution in [0.15, 0.2) is 0 Å². The van der Waals surface area contributed by atoms with E-state index in [0.717, 1.165) is 16.9 Å². The monoisotopic (exact) mass is 334 g/mol. The van der Waals surface area contributed by atoms with E-state index in [9.17, 15) is 5.11 Å². The summed E-state index contributed by atoms with van der Waals surface area (Å²) in [6.45, 7) is 2.78. The zero-order valence-corrected chi connectivity index (χ0v) is 16.0. The summed E-state index contributed by atoms with van der Waals surface area (Å²) in [6.07, 6.45) is 8.54. The minimum atomic E-state index is -2.36. The number of aliphatic hydroxyl groups excluding tert-OH is 1. The Bertz CT molecular complexity index is 294. The molecule has 1 aliphatic heterocycles. The highest BCUT2D eigenvalue weighted by Gasteiger charge is 2.37. The van der Waals surface area contributed by atoms with Crippen molar-refractivity contribution in [3.05, 3.63) is 0 Å². The van der Waals surface area contributed by atoms with E-state index in [1.807, 2.05) is 0 Å². The lowest BCUT2D eigenvalue weighted by Gasteiger charge is -2.35. The topological polar surface area (TPSA) is 47.9 Å². The van der Waals surface area contributed by atoms with Crippen LogP contribution >= 0.6 is 0 Å². The first-order chi connectivity index (χ1) is 10.6. The van der Waals surface area contributed by atoms with E-state index < -0.39 is 8.80 Å². The van der Waals surface area contributed by atoms with Gasteiger partial charge in [0.2, 0.25) is 0 Å². The normalized spacial score (nSPS) is 25.8. The van der Waals surface area contributed by atoms with Gasteiger partial charge in [0.1, 0.15) is 6.04 Å². The highest BCUT2D eigenvalue weighted by Crippen LogP contribution is 2.25. The van der Waals surface area contributed by atoms with Crippen LogP contribution in [-0.2, 0) is 13.3 Å². The van der Waals surface area contributed by atoms with Gasteiger partial charge in [-0.2, -0.15) is 0 Å². The number of rotatable bonds is 12. The predicted octanol–water partition coefficient (Wildman–Crippen LogP) is 2.42. The number of hydrogen-bond acceptors (Lipinski definition) is 4. The van der Waals surface area contributed by atoms with Gasteiger partial charge >= 0.3 is 8.80 Å². The molecule has 6 heteroatoms. The van der Waals surface area contributed by atoms with E-state index in [1.54, 1.807) is 21.3 Å². The van der Waals surface area contributed by atoms with Crippen LogP contribution in [0.5, 0.6) is 0 Å². The van der Waals surface area contributed by atoms with Gasteiger partial charge in [0.15, 0.2) is 0 Å². The van der Waals surface area contributed by atoms with E-state index in [4.69, 9.17) is 13.3 Å². The van der Waals surface area contributed by atoms with Crippen LogP contribution < -0.4 is 0 Å². The van der Waals surface area contributed by atoms with Crippen molar-refractivity contribution < 1.29 is 22.9 Å². The molecule has 0 aliphatic carbocycles. The van der Waals surface area contributed by atoms with Crippen molar-refractivity contribution in [1.29, 1.82) is 0 Å². The number of quaternary nitrogens is 1. The van der Waals surface area contributed by atoms with Crippen LogP contribution in [0.25, 0.3) is 0 Å². The zero-order valence-electron chi connectivity index (χ0n) is 15.0. The second-order valence-electron chi connectivity index (χ2n) is 6.72. The number of hydrogen-bond donors (Lipinski definition) is 1. The molecule has 0 aromatic heterocycles. The maximum Gasteiger partial charge on any atom is 0.500 e. The molecule has 1 aliphatic rings. The summed E-state index contributed by atoms with van der Waals surface area (Å²) < 4.78 is 17.4. The molecule has 1 N–H and O–H groups in total. The van der Waals surface area contributed by atoms with Gasteiger partial charge in [-0.25, -0.2) is 0 Å². The number of likely N-dealkylation sites (tertiary alicyclic amines) is 1. The second-order valence-corrected chi connectivity index (χ2v) is 9.81. The number of nitrogens with zero attached hydrogens (tertiary/aromatic N) is 1. The molecule has 0 aromatic carbocycles. The fraction of sp³-hybridized carbons (Fsp3) is 1.00. The first kappa shape index (κ1) is 20.1. The lowest BCUT2D eigenvalue weighted by Crippen LogP contribution is -2.50. The van der Waals surface area contributed by atoms with Crippen LogP contribution in [0.3, 0.4) is 0 Å². The fourth-order valence-electron chi connectivity index (χ4n) is 3.67. The van der Waals surface area contributed by atoms with Gasteiger partial charge in [-0.1, -0.05) is 12.8 Å². The fourth-order valence-corrected chi connectivity index (χ4v) is 5.46. The molecule has 0 aromatic rings. The molecular formula is C16H36NO4Si+. The molecule has 1 rings (SSSR count). The van der Waals surface area contributed by atoms with Gasteiger partial charge in [0.05, 0.1) is 26.7 Å². The van der Waals surface area contributed by atoms with E-state index in [0.29, 0.717) is 12.6 Å². The third-order valence-electron chi connectivity index (χ3n) is 5.38.